The van der Waals surface area contributed by atoms with Crippen molar-refractivity contribution in [3.63, 3.8) is 0 Å². The predicted octanol–water partition coefficient (Wildman–Crippen LogP) is 2.33. The summed E-state index contributed by atoms with van der Waals surface area (Å²) in [6.45, 7) is 9.64. The van der Waals surface area contributed by atoms with E-state index < -0.39 is 5.97 Å². The molecule has 0 atom stereocenters. The molecular formula is C19H27N3O2. The quantitative estimate of drug-likeness (QED) is 0.884. The minimum atomic E-state index is -0.853. The number of nitrogens with zero attached hydrogens (tertiary/aromatic N) is 2. The number of carbonyl (C=O) groups is 1. The van der Waals surface area contributed by atoms with Gasteiger partial charge in [-0.25, -0.2) is 4.79 Å². The van der Waals surface area contributed by atoms with Crippen LogP contribution in [-0.2, 0) is 13.5 Å². The Morgan fingerprint density at radius 3 is 2.62 bits per heavy atom. The lowest BCUT2D eigenvalue weighted by molar-refractivity contribution is 0.0697. The van der Waals surface area contributed by atoms with E-state index >= 15 is 0 Å². The SMILES string of the molecule is Cc1cc(C(=O)O)cc2c(CCCN3CCNCC3)c(C)n(C)c12. The van der Waals surface area contributed by atoms with Gasteiger partial charge >= 0.3 is 5.97 Å². The second-order valence-corrected chi connectivity index (χ2v) is 6.81. The number of rotatable bonds is 5. The van der Waals surface area contributed by atoms with E-state index in [1.54, 1.807) is 6.07 Å². The van der Waals surface area contributed by atoms with E-state index in [4.69, 9.17) is 0 Å². The van der Waals surface area contributed by atoms with E-state index in [0.717, 1.165) is 62.0 Å². The lowest BCUT2D eigenvalue weighted by atomic mass is 10.0. The average Bonchev–Trinajstić information content (AvgIpc) is 2.81. The van der Waals surface area contributed by atoms with E-state index in [-0.39, 0.29) is 0 Å². The van der Waals surface area contributed by atoms with Gasteiger partial charge < -0.3 is 19.9 Å². The van der Waals surface area contributed by atoms with Crippen LogP contribution in [0.3, 0.4) is 0 Å². The lowest BCUT2D eigenvalue weighted by Crippen LogP contribution is -2.43. The number of hydrogen-bond donors (Lipinski definition) is 2. The van der Waals surface area contributed by atoms with E-state index in [2.05, 4.69) is 28.8 Å². The molecule has 1 fully saturated rings. The number of benzene rings is 1. The molecule has 3 rings (SSSR count). The number of nitrogens with one attached hydrogen (secondary N) is 1. The van der Waals surface area contributed by atoms with Crippen LogP contribution >= 0.6 is 0 Å². The van der Waals surface area contributed by atoms with Gasteiger partial charge in [0, 0.05) is 44.3 Å². The zero-order chi connectivity index (χ0) is 17.3. The first-order valence-electron chi connectivity index (χ1n) is 8.74. The van der Waals surface area contributed by atoms with Crippen molar-refractivity contribution < 1.29 is 9.90 Å². The van der Waals surface area contributed by atoms with Crippen LogP contribution in [0.4, 0.5) is 0 Å². The second kappa shape index (κ2) is 6.95. The fraction of sp³-hybridized carbons (Fsp3) is 0.526. The number of carboxylic acid groups (broad SMARTS) is 1. The van der Waals surface area contributed by atoms with Gasteiger partial charge in [0.2, 0.25) is 0 Å². The maximum Gasteiger partial charge on any atom is 0.335 e. The maximum atomic E-state index is 11.4. The van der Waals surface area contributed by atoms with Crippen LogP contribution in [0.1, 0.15) is 33.6 Å². The Morgan fingerprint density at radius 1 is 1.25 bits per heavy atom. The van der Waals surface area contributed by atoms with Gasteiger partial charge in [-0.3, -0.25) is 0 Å². The van der Waals surface area contributed by atoms with Crippen LogP contribution in [0.2, 0.25) is 0 Å². The molecule has 1 aromatic carbocycles. The molecule has 130 valence electrons. The van der Waals surface area contributed by atoms with Crippen LogP contribution in [0.15, 0.2) is 12.1 Å². The summed E-state index contributed by atoms with van der Waals surface area (Å²) in [5.74, 6) is -0.853. The molecule has 1 saturated heterocycles. The molecule has 0 aliphatic carbocycles. The van der Waals surface area contributed by atoms with Crippen LogP contribution in [0.25, 0.3) is 10.9 Å². The maximum absolute atomic E-state index is 11.4. The number of piperazine rings is 1. The molecule has 0 radical (unpaired) electrons. The van der Waals surface area contributed by atoms with Gasteiger partial charge in [-0.05, 0) is 56.5 Å². The van der Waals surface area contributed by atoms with Gasteiger partial charge in [0.25, 0.3) is 0 Å². The zero-order valence-corrected chi connectivity index (χ0v) is 14.9. The van der Waals surface area contributed by atoms with Crippen molar-refractivity contribution in [3.05, 3.63) is 34.5 Å². The summed E-state index contributed by atoms with van der Waals surface area (Å²) in [6.07, 6.45) is 2.10. The Morgan fingerprint density at radius 2 is 1.96 bits per heavy atom. The summed E-state index contributed by atoms with van der Waals surface area (Å²) >= 11 is 0. The zero-order valence-electron chi connectivity index (χ0n) is 14.9. The smallest absolute Gasteiger partial charge is 0.335 e. The van der Waals surface area contributed by atoms with Crippen molar-refractivity contribution in [1.82, 2.24) is 14.8 Å². The normalized spacial score (nSPS) is 16.0. The van der Waals surface area contributed by atoms with Crippen LogP contribution in [0, 0.1) is 13.8 Å². The Kier molecular flexibility index (Phi) is 4.92. The van der Waals surface area contributed by atoms with Crippen molar-refractivity contribution in [2.75, 3.05) is 32.7 Å². The van der Waals surface area contributed by atoms with Gasteiger partial charge in [0.15, 0.2) is 0 Å². The summed E-state index contributed by atoms with van der Waals surface area (Å²) in [5.41, 5.74) is 5.12. The van der Waals surface area contributed by atoms with E-state index in [0.29, 0.717) is 5.56 Å². The molecule has 5 nitrogen and oxygen atoms in total. The molecule has 2 N–H and O–H groups in total. The van der Waals surface area contributed by atoms with Crippen molar-refractivity contribution in [2.45, 2.75) is 26.7 Å². The molecule has 0 saturated carbocycles. The van der Waals surface area contributed by atoms with Gasteiger partial charge in [-0.1, -0.05) is 0 Å². The van der Waals surface area contributed by atoms with Crippen molar-refractivity contribution in [3.8, 4) is 0 Å². The molecule has 24 heavy (non-hydrogen) atoms. The van der Waals surface area contributed by atoms with Crippen LogP contribution < -0.4 is 5.32 Å². The Balaban J connectivity index is 1.86. The van der Waals surface area contributed by atoms with Gasteiger partial charge in [0.05, 0.1) is 11.1 Å². The lowest BCUT2D eigenvalue weighted by Gasteiger charge is -2.27. The summed E-state index contributed by atoms with van der Waals surface area (Å²) < 4.78 is 2.20. The van der Waals surface area contributed by atoms with Crippen molar-refractivity contribution in [2.24, 2.45) is 7.05 Å². The molecule has 1 aromatic heterocycles. The topological polar surface area (TPSA) is 57.5 Å². The highest BCUT2D eigenvalue weighted by Crippen LogP contribution is 2.30. The molecule has 2 heterocycles. The highest BCUT2D eigenvalue weighted by molar-refractivity contribution is 5.97. The van der Waals surface area contributed by atoms with Gasteiger partial charge in [-0.15, -0.1) is 0 Å². The third kappa shape index (κ3) is 3.19. The number of carboxylic acids is 1. The fourth-order valence-corrected chi connectivity index (χ4v) is 3.87. The highest BCUT2D eigenvalue weighted by Gasteiger charge is 2.17. The molecule has 0 amide bonds. The molecule has 1 aliphatic rings. The van der Waals surface area contributed by atoms with Crippen molar-refractivity contribution in [1.29, 1.82) is 0 Å². The molecule has 2 aromatic rings. The number of hydrogen-bond acceptors (Lipinski definition) is 3. The Hall–Kier alpha value is -1.85. The summed E-state index contributed by atoms with van der Waals surface area (Å²) in [6, 6.07) is 3.62. The van der Waals surface area contributed by atoms with E-state index in [1.807, 2.05) is 13.0 Å². The van der Waals surface area contributed by atoms with Gasteiger partial charge in [-0.2, -0.15) is 0 Å². The molecule has 0 bridgehead atoms. The van der Waals surface area contributed by atoms with Crippen LogP contribution in [-0.4, -0.2) is 53.3 Å². The van der Waals surface area contributed by atoms with Crippen molar-refractivity contribution >= 4 is 16.9 Å². The monoisotopic (exact) mass is 329 g/mol. The Bertz CT molecular complexity index is 758. The molecule has 1 aliphatic heterocycles. The Labute approximate surface area is 143 Å². The third-order valence-electron chi connectivity index (χ3n) is 5.26. The first-order valence-corrected chi connectivity index (χ1v) is 8.74. The average molecular weight is 329 g/mol. The first-order chi connectivity index (χ1) is 11.5. The van der Waals surface area contributed by atoms with Gasteiger partial charge in [0.1, 0.15) is 0 Å². The summed E-state index contributed by atoms with van der Waals surface area (Å²) in [7, 11) is 2.07. The minimum Gasteiger partial charge on any atom is -0.478 e. The minimum absolute atomic E-state index is 0.383. The molecular weight excluding hydrogens is 302 g/mol. The number of aromatic nitrogens is 1. The predicted molar refractivity (Wildman–Crippen MR) is 97.0 cm³/mol. The van der Waals surface area contributed by atoms with E-state index in [1.165, 1.54) is 11.3 Å². The molecule has 0 unspecified atom stereocenters. The van der Waals surface area contributed by atoms with Crippen LogP contribution in [0.5, 0.6) is 0 Å². The fourth-order valence-electron chi connectivity index (χ4n) is 3.87. The molecule has 5 heteroatoms. The largest absolute Gasteiger partial charge is 0.478 e. The molecule has 0 spiro atoms. The van der Waals surface area contributed by atoms with E-state index in [9.17, 15) is 9.90 Å². The summed E-state index contributed by atoms with van der Waals surface area (Å²) in [5, 5.41) is 13.8. The second-order valence-electron chi connectivity index (χ2n) is 6.81. The standard InChI is InChI=1S/C19H27N3O2/c1-13-11-15(19(23)24)12-17-16(14(2)21(3)18(13)17)5-4-8-22-9-6-20-7-10-22/h11-12,20H,4-10H2,1-3H3,(H,23,24). The number of fused-ring (bicyclic) bond motifs is 1. The summed E-state index contributed by atoms with van der Waals surface area (Å²) in [4.78, 5) is 13.9. The number of aryl methyl sites for hydroxylation is 3. The number of aromatic carboxylic acids is 1. The highest BCUT2D eigenvalue weighted by atomic mass is 16.4. The third-order valence-corrected chi connectivity index (χ3v) is 5.26. The first kappa shape index (κ1) is 17.0.